The summed E-state index contributed by atoms with van der Waals surface area (Å²) in [5, 5.41) is 25.8. The first-order valence-corrected chi connectivity index (χ1v) is 23.6. The molecule has 1 unspecified atom stereocenters. The minimum Gasteiger partial charge on any atom is -0.491 e. The monoisotopic (exact) mass is 975 g/mol. The van der Waals surface area contributed by atoms with Gasteiger partial charge in [0.25, 0.3) is 5.91 Å². The number of anilines is 2. The smallest absolute Gasteiger partial charge is 0.259 e. The molecule has 4 aromatic rings. The van der Waals surface area contributed by atoms with Gasteiger partial charge in [-0.25, -0.2) is 4.39 Å². The normalized spacial score (nSPS) is 17.4. The first-order valence-electron chi connectivity index (χ1n) is 21.9. The second-order valence-corrected chi connectivity index (χ2v) is 19.5. The first-order chi connectivity index (χ1) is 31.9. The van der Waals surface area contributed by atoms with Crippen molar-refractivity contribution >= 4 is 75.3 Å². The molecule has 2 aliphatic rings. The summed E-state index contributed by atoms with van der Waals surface area (Å²) in [5.74, 6) is -2.23. The second-order valence-electron chi connectivity index (χ2n) is 17.8. The predicted octanol–water partition coefficient (Wildman–Crippen LogP) is 6.78. The molecule has 0 aliphatic carbocycles. The molecule has 6 rings (SSSR count). The van der Waals surface area contributed by atoms with Gasteiger partial charge in [0.15, 0.2) is 16.7 Å². The van der Waals surface area contributed by atoms with Crippen molar-refractivity contribution in [3.63, 3.8) is 0 Å². The van der Waals surface area contributed by atoms with Gasteiger partial charge in [-0.3, -0.25) is 29.1 Å². The van der Waals surface area contributed by atoms with Gasteiger partial charge in [-0.15, -0.1) is 11.3 Å². The van der Waals surface area contributed by atoms with E-state index < -0.39 is 46.8 Å². The van der Waals surface area contributed by atoms with Crippen molar-refractivity contribution in [1.82, 2.24) is 20.5 Å². The van der Waals surface area contributed by atoms with E-state index in [9.17, 15) is 29.5 Å². The average Bonchev–Trinajstić information content (AvgIpc) is 4.01. The highest BCUT2D eigenvalue weighted by molar-refractivity contribution is 7.81. The van der Waals surface area contributed by atoms with Gasteiger partial charge in [-0.2, -0.15) is 5.26 Å². The van der Waals surface area contributed by atoms with E-state index in [1.54, 1.807) is 42.6 Å². The number of carbonyl (C=O) groups excluding carboxylic acids is 4. The lowest BCUT2D eigenvalue weighted by atomic mass is 9.85. The Morgan fingerprint density at radius 3 is 2.40 bits per heavy atom. The van der Waals surface area contributed by atoms with E-state index in [0.29, 0.717) is 43.9 Å². The lowest BCUT2D eigenvalue weighted by Crippen LogP contribution is -2.58. The maximum absolute atomic E-state index is 15.3. The highest BCUT2D eigenvalue weighted by Crippen LogP contribution is 2.39. The van der Waals surface area contributed by atoms with Crippen molar-refractivity contribution in [2.24, 2.45) is 5.41 Å². The maximum Gasteiger partial charge on any atom is 0.259 e. The Balaban J connectivity index is 0.866. The standard InChI is InChI=1S/C48H55ClFN7O8S2/c1-47(2,3)42(44(61)55-27-35(58)23-38(55)43(60)53-25-30-9-11-31(12-10-30)40-26-52-29-67-40)54-41(59)28-64-19-8-18-63-17-6-7-20-65-39-16-15-34(22-37(39)50)57-46(66)56(45(62)48(57,4)5)33-14-13-32(24-51)36(49)21-33/h9-16,21-22,26,29,35,38,42,58H,6-8,17-20,23,25,27-28H2,1-5H3,(H,53,60)(H,54,59)/t35-,38+,42?/m1/s1. The number of hydrogen-bond donors (Lipinski definition) is 3. The third kappa shape index (κ3) is 12.5. The molecule has 3 heterocycles. The van der Waals surface area contributed by atoms with Gasteiger partial charge in [0.2, 0.25) is 17.7 Å². The zero-order valence-corrected chi connectivity index (χ0v) is 40.4. The van der Waals surface area contributed by atoms with Gasteiger partial charge in [-0.05, 0) is 92.2 Å². The number of halogens is 2. The van der Waals surface area contributed by atoms with Crippen LogP contribution in [0.5, 0.6) is 5.75 Å². The molecule has 67 heavy (non-hydrogen) atoms. The average molecular weight is 977 g/mol. The number of aliphatic hydroxyl groups is 1. The summed E-state index contributed by atoms with van der Waals surface area (Å²) in [4.78, 5) is 63.2. The van der Waals surface area contributed by atoms with Crippen LogP contribution in [0.4, 0.5) is 15.8 Å². The van der Waals surface area contributed by atoms with E-state index in [4.69, 9.17) is 38.0 Å². The molecule has 15 nitrogen and oxygen atoms in total. The number of nitrogens with one attached hydrogen (secondary N) is 2. The van der Waals surface area contributed by atoms with E-state index in [1.165, 1.54) is 45.4 Å². The van der Waals surface area contributed by atoms with Crippen LogP contribution in [0, 0.1) is 22.6 Å². The molecule has 0 saturated carbocycles. The molecular weight excluding hydrogens is 921 g/mol. The number of aliphatic hydroxyl groups excluding tert-OH is 1. The van der Waals surface area contributed by atoms with Gasteiger partial charge < -0.3 is 39.8 Å². The molecule has 0 radical (unpaired) electrons. The van der Waals surface area contributed by atoms with Gasteiger partial charge in [0.1, 0.15) is 30.3 Å². The number of nitrogens with zero attached hydrogens (tertiary/aromatic N) is 5. The minimum atomic E-state index is -1.14. The lowest BCUT2D eigenvalue weighted by molar-refractivity contribution is -0.144. The fourth-order valence-corrected chi connectivity index (χ4v) is 9.10. The summed E-state index contributed by atoms with van der Waals surface area (Å²) in [6, 6.07) is 16.9. The van der Waals surface area contributed by atoms with Crippen LogP contribution in [-0.2, 0) is 35.2 Å². The largest absolute Gasteiger partial charge is 0.491 e. The minimum absolute atomic E-state index is 0.0299. The molecule has 0 bridgehead atoms. The summed E-state index contributed by atoms with van der Waals surface area (Å²) in [6.45, 7) is 10.1. The van der Waals surface area contributed by atoms with E-state index in [1.807, 2.05) is 51.1 Å². The number of β-amino-alcohol motifs (C(OH)–C–C–N with tert-alkyl or cyclic N) is 1. The molecule has 19 heteroatoms. The van der Waals surface area contributed by atoms with Crippen LogP contribution in [0.1, 0.15) is 71.4 Å². The fraction of sp³-hybridized carbons (Fsp3) is 0.438. The highest BCUT2D eigenvalue weighted by atomic mass is 35.5. The van der Waals surface area contributed by atoms with Crippen LogP contribution >= 0.6 is 35.2 Å². The number of aromatic nitrogens is 1. The summed E-state index contributed by atoms with van der Waals surface area (Å²) in [6.07, 6.45) is 2.76. The molecule has 3 aromatic carbocycles. The second kappa shape index (κ2) is 22.5. The summed E-state index contributed by atoms with van der Waals surface area (Å²) in [7, 11) is 0. The van der Waals surface area contributed by atoms with Crippen molar-refractivity contribution < 1.29 is 42.9 Å². The third-order valence-electron chi connectivity index (χ3n) is 11.3. The summed E-state index contributed by atoms with van der Waals surface area (Å²) < 4.78 is 32.3. The van der Waals surface area contributed by atoms with Gasteiger partial charge in [0.05, 0.1) is 39.4 Å². The quantitative estimate of drug-likeness (QED) is 0.0624. The van der Waals surface area contributed by atoms with Crippen molar-refractivity contribution in [3.05, 3.63) is 94.3 Å². The number of carbonyl (C=O) groups is 4. The van der Waals surface area contributed by atoms with E-state index in [-0.39, 0.29) is 72.6 Å². The molecule has 3 atom stereocenters. The summed E-state index contributed by atoms with van der Waals surface area (Å²) in [5.41, 5.74) is 2.85. The van der Waals surface area contributed by atoms with Gasteiger partial charge in [0, 0.05) is 57.3 Å². The molecule has 3 N–H and O–H groups in total. The Bertz CT molecular complexity index is 2460. The Kier molecular flexibility index (Phi) is 17.1. The van der Waals surface area contributed by atoms with Crippen molar-refractivity contribution in [2.75, 3.05) is 49.4 Å². The van der Waals surface area contributed by atoms with E-state index in [2.05, 4.69) is 15.6 Å². The number of thiazole rings is 1. The SMILES string of the molecule is CC(C)(C)C(NC(=O)COCCCOCCCCOc1ccc(N2C(=S)N(c3ccc(C#N)c(Cl)c3)C(=O)C2(C)C)cc1F)C(=O)N1C[C@H](O)C[C@H]1C(=O)NCc1ccc(-c2cncs2)cc1. The summed E-state index contributed by atoms with van der Waals surface area (Å²) >= 11 is 13.4. The zero-order chi connectivity index (χ0) is 48.5. The number of rotatable bonds is 20. The van der Waals surface area contributed by atoms with Crippen molar-refractivity contribution in [2.45, 2.75) is 90.6 Å². The number of nitriles is 1. The van der Waals surface area contributed by atoms with Crippen LogP contribution in [0.25, 0.3) is 10.4 Å². The number of ether oxygens (including phenoxy) is 3. The number of unbranched alkanes of at least 4 members (excludes halogenated alkanes) is 1. The number of thiocarbonyl (C=S) groups is 1. The van der Waals surface area contributed by atoms with Crippen LogP contribution in [0.15, 0.2) is 72.4 Å². The van der Waals surface area contributed by atoms with Gasteiger partial charge >= 0.3 is 0 Å². The molecule has 2 aliphatic heterocycles. The Hall–Kier alpha value is -5.55. The van der Waals surface area contributed by atoms with E-state index in [0.717, 1.165) is 16.0 Å². The van der Waals surface area contributed by atoms with Crippen molar-refractivity contribution in [3.8, 4) is 22.3 Å². The molecule has 4 amide bonds. The maximum atomic E-state index is 15.3. The number of hydrogen-bond acceptors (Lipinski definition) is 12. The van der Waals surface area contributed by atoms with Crippen LogP contribution in [0.2, 0.25) is 5.02 Å². The topological polar surface area (TPSA) is 187 Å². The molecule has 356 valence electrons. The molecule has 0 spiro atoms. The number of likely N-dealkylation sites (tertiary alicyclic amines) is 1. The lowest BCUT2D eigenvalue weighted by Gasteiger charge is -2.35. The fourth-order valence-electron chi connectivity index (χ4n) is 7.73. The number of amides is 4. The zero-order valence-electron chi connectivity index (χ0n) is 38.1. The van der Waals surface area contributed by atoms with Crippen LogP contribution < -0.4 is 25.2 Å². The van der Waals surface area contributed by atoms with Crippen LogP contribution in [0.3, 0.4) is 0 Å². The van der Waals surface area contributed by atoms with Gasteiger partial charge in [-0.1, -0.05) is 56.6 Å². The molecular formula is C48H55ClFN7O8S2. The molecule has 1 aromatic heterocycles. The Morgan fingerprint density at radius 1 is 1.03 bits per heavy atom. The number of benzene rings is 3. The Morgan fingerprint density at radius 2 is 1.73 bits per heavy atom. The van der Waals surface area contributed by atoms with E-state index >= 15 is 4.39 Å². The van der Waals surface area contributed by atoms with Crippen LogP contribution in [-0.4, -0.2) is 107 Å². The molecule has 2 saturated heterocycles. The Labute approximate surface area is 404 Å². The predicted molar refractivity (Wildman–Crippen MR) is 257 cm³/mol. The first kappa shape index (κ1) is 50.9. The third-order valence-corrected chi connectivity index (χ3v) is 12.8. The molecule has 2 fully saturated rings. The van der Waals surface area contributed by atoms with Crippen molar-refractivity contribution in [1.29, 1.82) is 5.26 Å². The highest BCUT2D eigenvalue weighted by Gasteiger charge is 2.50.